The molecule has 3 amide bonds. The second-order valence-corrected chi connectivity index (χ2v) is 9.41. The highest BCUT2D eigenvalue weighted by atomic mass is 16.6. The molecule has 8 heteroatoms. The first kappa shape index (κ1) is 24.6. The number of carboxylic acids is 1. The summed E-state index contributed by atoms with van der Waals surface area (Å²) >= 11 is 0. The minimum absolute atomic E-state index is 0.142. The molecule has 2 aliphatic rings. The Bertz CT molecular complexity index is 1080. The lowest BCUT2D eigenvalue weighted by Crippen LogP contribution is -2.39. The van der Waals surface area contributed by atoms with Gasteiger partial charge in [0.1, 0.15) is 6.10 Å². The van der Waals surface area contributed by atoms with E-state index in [4.69, 9.17) is 9.84 Å². The number of anilines is 2. The number of hydrogen-bond acceptors (Lipinski definition) is 4. The van der Waals surface area contributed by atoms with Gasteiger partial charge in [0.05, 0.1) is 0 Å². The predicted octanol–water partition coefficient (Wildman–Crippen LogP) is 5.42. The van der Waals surface area contributed by atoms with Crippen molar-refractivity contribution in [2.45, 2.75) is 64.5 Å². The molecule has 0 unspecified atom stereocenters. The van der Waals surface area contributed by atoms with Crippen LogP contribution in [0.25, 0.3) is 0 Å². The van der Waals surface area contributed by atoms with Crippen molar-refractivity contribution in [1.82, 2.24) is 4.90 Å². The highest BCUT2D eigenvalue weighted by Gasteiger charge is 2.28. The molecule has 1 fully saturated rings. The number of carbonyl (C=O) groups excluding carboxylic acids is 2. The minimum Gasteiger partial charge on any atom is -0.481 e. The summed E-state index contributed by atoms with van der Waals surface area (Å²) < 4.78 is 5.72. The molecule has 0 saturated heterocycles. The molecule has 35 heavy (non-hydrogen) atoms. The number of ether oxygens (including phenoxy) is 1. The number of rotatable bonds is 6. The normalized spacial score (nSPS) is 19.4. The minimum atomic E-state index is -0.766. The number of hydrogen-bond donors (Lipinski definition) is 3. The summed E-state index contributed by atoms with van der Waals surface area (Å²) in [6.07, 6.45) is 4.31. The standard InChI is InChI=1S/C27H33N3O5/c1-2-18-4-3-5-22(14-18)28-26(33)29-23-9-8-21-17-30(13-12-20(21)16-23)27(34)35-24-10-6-19(7-11-24)15-25(31)32/h3-5,8-9,14,16,19,24H,2,6-7,10-13,15,17H2,1H3,(H,31,32)(H2,28,29,33). The summed E-state index contributed by atoms with van der Waals surface area (Å²) in [6, 6.07) is 13.2. The summed E-state index contributed by atoms with van der Waals surface area (Å²) in [6.45, 7) is 3.10. The van der Waals surface area contributed by atoms with E-state index in [9.17, 15) is 14.4 Å². The first-order chi connectivity index (χ1) is 16.9. The summed E-state index contributed by atoms with van der Waals surface area (Å²) in [5, 5.41) is 14.7. The second-order valence-electron chi connectivity index (χ2n) is 9.41. The number of nitrogens with one attached hydrogen (secondary N) is 2. The van der Waals surface area contributed by atoms with Gasteiger partial charge in [-0.3, -0.25) is 4.79 Å². The number of amides is 3. The molecule has 0 radical (unpaired) electrons. The van der Waals surface area contributed by atoms with E-state index < -0.39 is 5.97 Å². The van der Waals surface area contributed by atoms with Gasteiger partial charge >= 0.3 is 18.1 Å². The number of urea groups is 1. The SMILES string of the molecule is CCc1cccc(NC(=O)Nc2ccc3c(c2)CCN(C(=O)OC2CCC(CC(=O)O)CC2)C3)c1. The Morgan fingerprint density at radius 1 is 1.00 bits per heavy atom. The molecule has 0 atom stereocenters. The maximum absolute atomic E-state index is 12.7. The van der Waals surface area contributed by atoms with E-state index in [-0.39, 0.29) is 30.6 Å². The third kappa shape index (κ3) is 6.74. The Kier molecular flexibility index (Phi) is 7.90. The Morgan fingerprint density at radius 2 is 1.74 bits per heavy atom. The third-order valence-corrected chi connectivity index (χ3v) is 6.85. The topological polar surface area (TPSA) is 108 Å². The van der Waals surface area contributed by atoms with Crippen LogP contribution in [0.1, 0.15) is 55.7 Å². The van der Waals surface area contributed by atoms with Gasteiger partial charge < -0.3 is 25.4 Å². The largest absolute Gasteiger partial charge is 0.481 e. The van der Waals surface area contributed by atoms with Crippen LogP contribution in [0.3, 0.4) is 0 Å². The fourth-order valence-corrected chi connectivity index (χ4v) is 4.87. The van der Waals surface area contributed by atoms with Gasteiger partial charge in [0.15, 0.2) is 0 Å². The second kappa shape index (κ2) is 11.3. The van der Waals surface area contributed by atoms with E-state index in [1.54, 1.807) is 4.90 Å². The first-order valence-electron chi connectivity index (χ1n) is 12.4. The van der Waals surface area contributed by atoms with Crippen molar-refractivity contribution in [1.29, 1.82) is 0 Å². The summed E-state index contributed by atoms with van der Waals surface area (Å²) in [7, 11) is 0. The Balaban J connectivity index is 1.27. The molecule has 2 aromatic carbocycles. The van der Waals surface area contributed by atoms with Crippen LogP contribution in [-0.2, 0) is 28.9 Å². The number of benzene rings is 2. The number of fused-ring (bicyclic) bond motifs is 1. The lowest BCUT2D eigenvalue weighted by atomic mass is 9.85. The molecule has 0 aromatic heterocycles. The zero-order valence-corrected chi connectivity index (χ0v) is 20.1. The van der Waals surface area contributed by atoms with Crippen LogP contribution in [0.2, 0.25) is 0 Å². The van der Waals surface area contributed by atoms with Crippen LogP contribution >= 0.6 is 0 Å². The van der Waals surface area contributed by atoms with Crippen molar-refractivity contribution < 1.29 is 24.2 Å². The van der Waals surface area contributed by atoms with Crippen LogP contribution in [0.5, 0.6) is 0 Å². The number of carbonyl (C=O) groups is 3. The molecule has 4 rings (SSSR count). The van der Waals surface area contributed by atoms with Crippen molar-refractivity contribution in [3.63, 3.8) is 0 Å². The quantitative estimate of drug-likeness (QED) is 0.513. The molecule has 3 N–H and O–H groups in total. The highest BCUT2D eigenvalue weighted by molar-refractivity contribution is 5.99. The molecule has 0 bridgehead atoms. The lowest BCUT2D eigenvalue weighted by molar-refractivity contribution is -0.138. The molecule has 8 nitrogen and oxygen atoms in total. The van der Waals surface area contributed by atoms with Gasteiger partial charge in [-0.1, -0.05) is 25.1 Å². The van der Waals surface area contributed by atoms with E-state index >= 15 is 0 Å². The van der Waals surface area contributed by atoms with Gasteiger partial charge in [-0.25, -0.2) is 9.59 Å². The predicted molar refractivity (Wildman–Crippen MR) is 133 cm³/mol. The van der Waals surface area contributed by atoms with E-state index in [1.807, 2.05) is 42.5 Å². The average molecular weight is 480 g/mol. The van der Waals surface area contributed by atoms with Crippen molar-refractivity contribution in [3.8, 4) is 0 Å². The number of nitrogens with zero attached hydrogens (tertiary/aromatic N) is 1. The average Bonchev–Trinajstić information content (AvgIpc) is 2.84. The van der Waals surface area contributed by atoms with Gasteiger partial charge in [-0.15, -0.1) is 0 Å². The maximum atomic E-state index is 12.7. The van der Waals surface area contributed by atoms with E-state index in [0.29, 0.717) is 38.0 Å². The Hall–Kier alpha value is -3.55. The van der Waals surface area contributed by atoms with Crippen LogP contribution in [0.4, 0.5) is 21.0 Å². The molecule has 2 aromatic rings. The fraction of sp³-hybridized carbons (Fsp3) is 0.444. The van der Waals surface area contributed by atoms with Gasteiger partial charge in [0.2, 0.25) is 0 Å². The van der Waals surface area contributed by atoms with Crippen molar-refractivity contribution >= 4 is 29.5 Å². The zero-order chi connectivity index (χ0) is 24.8. The smallest absolute Gasteiger partial charge is 0.410 e. The number of aliphatic carboxylic acids is 1. The van der Waals surface area contributed by atoms with E-state index in [1.165, 1.54) is 0 Å². The van der Waals surface area contributed by atoms with E-state index in [0.717, 1.165) is 41.6 Å². The molecule has 1 heterocycles. The van der Waals surface area contributed by atoms with Gasteiger partial charge in [0.25, 0.3) is 0 Å². The van der Waals surface area contributed by atoms with Gasteiger partial charge in [0, 0.05) is 30.9 Å². The van der Waals surface area contributed by atoms with Crippen LogP contribution in [0.15, 0.2) is 42.5 Å². The zero-order valence-electron chi connectivity index (χ0n) is 20.1. The first-order valence-corrected chi connectivity index (χ1v) is 12.4. The van der Waals surface area contributed by atoms with Crippen molar-refractivity contribution in [2.24, 2.45) is 5.92 Å². The summed E-state index contributed by atoms with van der Waals surface area (Å²) in [5.41, 5.74) is 4.77. The third-order valence-electron chi connectivity index (χ3n) is 6.85. The highest BCUT2D eigenvalue weighted by Crippen LogP contribution is 2.30. The van der Waals surface area contributed by atoms with Crippen LogP contribution in [0, 0.1) is 5.92 Å². The molecule has 1 aliphatic carbocycles. The lowest BCUT2D eigenvalue weighted by Gasteiger charge is -2.32. The van der Waals surface area contributed by atoms with Gasteiger partial charge in [-0.05, 0) is 85.4 Å². The van der Waals surface area contributed by atoms with Crippen molar-refractivity contribution in [3.05, 3.63) is 59.2 Å². The maximum Gasteiger partial charge on any atom is 0.410 e. The van der Waals surface area contributed by atoms with Crippen molar-refractivity contribution in [2.75, 3.05) is 17.2 Å². The Morgan fingerprint density at radius 3 is 2.46 bits per heavy atom. The summed E-state index contributed by atoms with van der Waals surface area (Å²) in [4.78, 5) is 37.7. The number of aryl methyl sites for hydroxylation is 1. The van der Waals surface area contributed by atoms with Gasteiger partial charge in [-0.2, -0.15) is 0 Å². The fourth-order valence-electron chi connectivity index (χ4n) is 4.87. The monoisotopic (exact) mass is 479 g/mol. The van der Waals surface area contributed by atoms with Crippen LogP contribution < -0.4 is 10.6 Å². The van der Waals surface area contributed by atoms with Crippen LogP contribution in [-0.4, -0.2) is 40.7 Å². The molecule has 1 saturated carbocycles. The Labute approximate surface area is 205 Å². The molecular formula is C27H33N3O5. The molecule has 0 spiro atoms. The molecule has 186 valence electrons. The molecule has 1 aliphatic heterocycles. The molecular weight excluding hydrogens is 446 g/mol. The summed E-state index contributed by atoms with van der Waals surface area (Å²) in [5.74, 6) is -0.589. The number of carboxylic acid groups (broad SMARTS) is 1. The van der Waals surface area contributed by atoms with E-state index in [2.05, 4.69) is 17.6 Å².